The number of rotatable bonds is 5. The van der Waals surface area contributed by atoms with Crippen LogP contribution in [0.15, 0.2) is 42.5 Å². The van der Waals surface area contributed by atoms with Crippen molar-refractivity contribution < 1.29 is 4.39 Å². The molecule has 2 aromatic carbocycles. The molecule has 21 heavy (non-hydrogen) atoms. The van der Waals surface area contributed by atoms with Crippen LogP contribution in [0, 0.1) is 5.82 Å². The van der Waals surface area contributed by atoms with E-state index in [2.05, 4.69) is 11.8 Å². The van der Waals surface area contributed by atoms with Crippen molar-refractivity contribution in [2.45, 2.75) is 26.1 Å². The Kier molecular flexibility index (Phi) is 5.34. The maximum Gasteiger partial charge on any atom is 0.123 e. The Bertz CT molecular complexity index is 598. The van der Waals surface area contributed by atoms with Gasteiger partial charge in [-0.25, -0.2) is 4.39 Å². The first-order valence-corrected chi connectivity index (χ1v) is 7.31. The Morgan fingerprint density at radius 3 is 2.38 bits per heavy atom. The highest BCUT2D eigenvalue weighted by atomic mass is 35.5. The highest BCUT2D eigenvalue weighted by molar-refractivity contribution is 6.30. The molecule has 0 amide bonds. The topological polar surface area (TPSA) is 29.3 Å². The SMILES string of the molecule is CC(c1ccc(Cl)cc1)N(C)Cc1cc(F)cc(CN)c1. The van der Waals surface area contributed by atoms with E-state index < -0.39 is 0 Å². The number of nitrogens with zero attached hydrogens (tertiary/aromatic N) is 1. The molecule has 2 nitrogen and oxygen atoms in total. The van der Waals surface area contributed by atoms with Crippen molar-refractivity contribution in [3.63, 3.8) is 0 Å². The molecule has 0 fully saturated rings. The van der Waals surface area contributed by atoms with Crippen molar-refractivity contribution in [3.8, 4) is 0 Å². The highest BCUT2D eigenvalue weighted by Crippen LogP contribution is 2.23. The largest absolute Gasteiger partial charge is 0.326 e. The van der Waals surface area contributed by atoms with Crippen LogP contribution in [0.4, 0.5) is 4.39 Å². The second kappa shape index (κ2) is 7.03. The van der Waals surface area contributed by atoms with Crippen LogP contribution in [0.1, 0.15) is 29.7 Å². The number of halogens is 2. The highest BCUT2D eigenvalue weighted by Gasteiger charge is 2.12. The van der Waals surface area contributed by atoms with E-state index in [9.17, 15) is 4.39 Å². The Labute approximate surface area is 130 Å². The van der Waals surface area contributed by atoms with Gasteiger partial charge in [-0.05, 0) is 54.9 Å². The maximum atomic E-state index is 13.5. The van der Waals surface area contributed by atoms with Crippen molar-refractivity contribution in [1.82, 2.24) is 4.90 Å². The van der Waals surface area contributed by atoms with Crippen molar-refractivity contribution >= 4 is 11.6 Å². The van der Waals surface area contributed by atoms with E-state index in [0.717, 1.165) is 16.1 Å². The third-order valence-corrected chi connectivity index (χ3v) is 3.95. The average molecular weight is 307 g/mol. The van der Waals surface area contributed by atoms with Crippen LogP contribution < -0.4 is 5.73 Å². The number of nitrogens with two attached hydrogens (primary N) is 1. The van der Waals surface area contributed by atoms with Gasteiger partial charge in [-0.1, -0.05) is 29.8 Å². The minimum atomic E-state index is -0.236. The quantitative estimate of drug-likeness (QED) is 0.900. The molecular weight excluding hydrogens is 287 g/mol. The number of benzene rings is 2. The summed E-state index contributed by atoms with van der Waals surface area (Å²) in [6.45, 7) is 3.13. The van der Waals surface area contributed by atoms with Crippen LogP contribution >= 0.6 is 11.6 Å². The van der Waals surface area contributed by atoms with Gasteiger partial charge in [0.1, 0.15) is 5.82 Å². The normalized spacial score (nSPS) is 12.7. The molecule has 2 rings (SSSR count). The second-order valence-corrected chi connectivity index (χ2v) is 5.75. The van der Waals surface area contributed by atoms with Crippen molar-refractivity contribution in [3.05, 3.63) is 70.0 Å². The fourth-order valence-electron chi connectivity index (χ4n) is 2.35. The summed E-state index contributed by atoms with van der Waals surface area (Å²) in [4.78, 5) is 2.16. The smallest absolute Gasteiger partial charge is 0.123 e. The van der Waals surface area contributed by atoms with E-state index >= 15 is 0 Å². The molecule has 2 aromatic rings. The summed E-state index contributed by atoms with van der Waals surface area (Å²) in [6.07, 6.45) is 0. The van der Waals surface area contributed by atoms with Gasteiger partial charge in [0.05, 0.1) is 0 Å². The van der Waals surface area contributed by atoms with Gasteiger partial charge < -0.3 is 5.73 Å². The Balaban J connectivity index is 2.11. The summed E-state index contributed by atoms with van der Waals surface area (Å²) in [6, 6.07) is 13.0. The Morgan fingerprint density at radius 2 is 1.76 bits per heavy atom. The summed E-state index contributed by atoms with van der Waals surface area (Å²) in [7, 11) is 2.02. The minimum absolute atomic E-state index is 0.215. The Hall–Kier alpha value is -1.42. The molecule has 0 heterocycles. The standard InChI is InChI=1S/C17H20ClFN2/c1-12(15-3-5-16(18)6-4-15)21(2)11-14-7-13(10-20)8-17(19)9-14/h3-9,12H,10-11,20H2,1-2H3. The molecule has 0 aliphatic rings. The lowest BCUT2D eigenvalue weighted by Gasteiger charge is -2.25. The number of hydrogen-bond donors (Lipinski definition) is 1. The third kappa shape index (κ3) is 4.27. The molecule has 4 heteroatoms. The molecule has 2 N–H and O–H groups in total. The zero-order valence-corrected chi connectivity index (χ0v) is 13.1. The Morgan fingerprint density at radius 1 is 1.14 bits per heavy atom. The minimum Gasteiger partial charge on any atom is -0.326 e. The van der Waals surface area contributed by atoms with Gasteiger partial charge in [0.2, 0.25) is 0 Å². The van der Waals surface area contributed by atoms with Crippen molar-refractivity contribution in [1.29, 1.82) is 0 Å². The zero-order valence-electron chi connectivity index (χ0n) is 12.3. The fraction of sp³-hybridized carbons (Fsp3) is 0.294. The van der Waals surface area contributed by atoms with Gasteiger partial charge >= 0.3 is 0 Å². The van der Waals surface area contributed by atoms with E-state index in [-0.39, 0.29) is 11.9 Å². The molecule has 0 saturated carbocycles. The first kappa shape index (κ1) is 16.0. The molecule has 0 bridgehead atoms. The van der Waals surface area contributed by atoms with Gasteiger partial charge in [-0.3, -0.25) is 4.90 Å². The van der Waals surface area contributed by atoms with Crippen molar-refractivity contribution in [2.24, 2.45) is 5.73 Å². The monoisotopic (exact) mass is 306 g/mol. The third-order valence-electron chi connectivity index (χ3n) is 3.70. The number of hydrogen-bond acceptors (Lipinski definition) is 2. The van der Waals surface area contributed by atoms with Crippen LogP contribution in [0.25, 0.3) is 0 Å². The molecule has 0 spiro atoms. The summed E-state index contributed by atoms with van der Waals surface area (Å²) >= 11 is 5.91. The van der Waals surface area contributed by atoms with E-state index in [1.54, 1.807) is 6.07 Å². The van der Waals surface area contributed by atoms with Crippen LogP contribution in [0.5, 0.6) is 0 Å². The van der Waals surface area contributed by atoms with Gasteiger partial charge in [-0.15, -0.1) is 0 Å². The van der Waals surface area contributed by atoms with Crippen LogP contribution in [0.3, 0.4) is 0 Å². The van der Waals surface area contributed by atoms with Gasteiger partial charge in [0, 0.05) is 24.2 Å². The molecule has 0 aromatic heterocycles. The molecule has 0 radical (unpaired) electrons. The maximum absolute atomic E-state index is 13.5. The van der Waals surface area contributed by atoms with E-state index in [1.165, 1.54) is 11.6 Å². The molecule has 0 aliphatic carbocycles. The summed E-state index contributed by atoms with van der Waals surface area (Å²) in [5, 5.41) is 0.728. The van der Waals surface area contributed by atoms with Gasteiger partial charge in [0.25, 0.3) is 0 Å². The molecule has 1 atom stereocenters. The van der Waals surface area contributed by atoms with Crippen LogP contribution in [0.2, 0.25) is 5.02 Å². The fourth-order valence-corrected chi connectivity index (χ4v) is 2.47. The molecule has 0 aliphatic heterocycles. The lowest BCUT2D eigenvalue weighted by Crippen LogP contribution is -2.22. The van der Waals surface area contributed by atoms with Crippen LogP contribution in [-0.4, -0.2) is 11.9 Å². The van der Waals surface area contributed by atoms with Crippen LogP contribution in [-0.2, 0) is 13.1 Å². The molecule has 0 saturated heterocycles. The molecule has 112 valence electrons. The van der Waals surface area contributed by atoms with E-state index in [1.807, 2.05) is 37.4 Å². The van der Waals surface area contributed by atoms with Gasteiger partial charge in [0.15, 0.2) is 0 Å². The van der Waals surface area contributed by atoms with E-state index in [4.69, 9.17) is 17.3 Å². The van der Waals surface area contributed by atoms with Crippen molar-refractivity contribution in [2.75, 3.05) is 7.05 Å². The first-order valence-electron chi connectivity index (χ1n) is 6.93. The molecular formula is C17H20ClFN2. The lowest BCUT2D eigenvalue weighted by atomic mass is 10.1. The second-order valence-electron chi connectivity index (χ2n) is 5.31. The average Bonchev–Trinajstić information content (AvgIpc) is 2.46. The summed E-state index contributed by atoms with van der Waals surface area (Å²) in [5.74, 6) is -0.236. The molecule has 1 unspecified atom stereocenters. The van der Waals surface area contributed by atoms with Gasteiger partial charge in [-0.2, -0.15) is 0 Å². The van der Waals surface area contributed by atoms with E-state index in [0.29, 0.717) is 13.1 Å². The predicted molar refractivity (Wildman–Crippen MR) is 85.6 cm³/mol. The summed E-state index contributed by atoms with van der Waals surface area (Å²) < 4.78 is 13.5. The lowest BCUT2D eigenvalue weighted by molar-refractivity contribution is 0.252. The predicted octanol–water partition coefficient (Wildman–Crippen LogP) is 4.13. The first-order chi connectivity index (χ1) is 9.99. The summed E-state index contributed by atoms with van der Waals surface area (Å²) in [5.41, 5.74) is 8.52. The zero-order chi connectivity index (χ0) is 15.4.